The van der Waals surface area contributed by atoms with Crippen LogP contribution in [0, 0.1) is 5.41 Å². The SMILES string of the molecule is CCn1c(CNC(=O)c2nc(Cl)c(N)nc2N)[n+](CC2(CCc3ccccc3)CCNCC2)c2ccccc21.Cl.[I-]. The molecule has 0 saturated carbocycles. The van der Waals surface area contributed by atoms with E-state index in [4.69, 9.17) is 23.1 Å². The second kappa shape index (κ2) is 14.5. The number of para-hydroxylation sites is 2. The fourth-order valence-corrected chi connectivity index (χ4v) is 5.88. The van der Waals surface area contributed by atoms with Gasteiger partial charge in [-0.3, -0.25) is 4.79 Å². The quantitative estimate of drug-likeness (QED) is 0.151. The Labute approximate surface area is 268 Å². The largest absolute Gasteiger partial charge is 1.00 e. The Morgan fingerprint density at radius 3 is 2.46 bits per heavy atom. The van der Waals surface area contributed by atoms with Crippen molar-refractivity contribution in [3.05, 3.63) is 76.8 Å². The highest BCUT2D eigenvalue weighted by Gasteiger charge is 2.37. The maximum Gasteiger partial charge on any atom is 0.277 e. The number of fused-ring (bicyclic) bond motifs is 1. The fraction of sp³-hybridized carbons (Fsp3) is 0.379. The number of anilines is 2. The summed E-state index contributed by atoms with van der Waals surface area (Å²) in [6.07, 6.45) is 4.33. The van der Waals surface area contributed by atoms with E-state index in [0.717, 1.165) is 68.7 Å². The van der Waals surface area contributed by atoms with E-state index in [9.17, 15) is 4.79 Å². The van der Waals surface area contributed by atoms with Gasteiger partial charge in [0.2, 0.25) is 0 Å². The summed E-state index contributed by atoms with van der Waals surface area (Å²) in [7, 11) is 0. The molecule has 0 bridgehead atoms. The molecule has 0 aliphatic carbocycles. The second-order valence-corrected chi connectivity index (χ2v) is 10.6. The molecule has 2 aromatic carbocycles. The standard InChI is InChI=1S/C29H35ClN8O.ClH.HI/c1-2-37-21-10-6-7-11-22(21)38(23(37)18-34-28(39)24-26(31)36-27(32)25(30)35-24)19-29(14-16-33-17-15-29)13-12-20-8-4-3-5-9-20;;/h3-11,33H,2,12-19H2,1H3,(H4-,31,32,34,36,39);2*1H. The van der Waals surface area contributed by atoms with Crippen LogP contribution in [0.5, 0.6) is 0 Å². The lowest BCUT2D eigenvalue weighted by Crippen LogP contribution is -3.00. The van der Waals surface area contributed by atoms with Crippen molar-refractivity contribution in [3.63, 3.8) is 0 Å². The summed E-state index contributed by atoms with van der Waals surface area (Å²) in [5, 5.41) is 6.52. The zero-order valence-corrected chi connectivity index (χ0v) is 26.8. The van der Waals surface area contributed by atoms with Crippen molar-refractivity contribution in [1.29, 1.82) is 0 Å². The average Bonchev–Trinajstić information content (AvgIpc) is 3.25. The number of hydrogen-bond donors (Lipinski definition) is 4. The van der Waals surface area contributed by atoms with Gasteiger partial charge >= 0.3 is 0 Å². The van der Waals surface area contributed by atoms with Gasteiger partial charge in [-0.25, -0.2) is 19.1 Å². The molecular formula is C29H37Cl2IN8O. The van der Waals surface area contributed by atoms with E-state index in [2.05, 4.69) is 91.3 Å². The smallest absolute Gasteiger partial charge is 0.277 e. The van der Waals surface area contributed by atoms with E-state index in [1.807, 2.05) is 0 Å². The van der Waals surface area contributed by atoms with Crippen LogP contribution in [0.15, 0.2) is 54.6 Å². The van der Waals surface area contributed by atoms with Crippen LogP contribution < -0.4 is 50.6 Å². The van der Waals surface area contributed by atoms with Crippen LogP contribution in [0.25, 0.3) is 11.0 Å². The number of imidazole rings is 1. The number of nitrogens with zero attached hydrogens (tertiary/aromatic N) is 4. The minimum atomic E-state index is -0.443. The van der Waals surface area contributed by atoms with E-state index >= 15 is 0 Å². The van der Waals surface area contributed by atoms with Gasteiger partial charge in [-0.15, -0.1) is 12.4 Å². The summed E-state index contributed by atoms with van der Waals surface area (Å²) in [6.45, 7) is 6.08. The molecule has 1 aliphatic rings. The fourth-order valence-electron chi connectivity index (χ4n) is 5.75. The number of carbonyl (C=O) groups excluding carboxylic acids is 1. The third-order valence-corrected chi connectivity index (χ3v) is 8.15. The van der Waals surface area contributed by atoms with Crippen LogP contribution in [0.1, 0.15) is 48.1 Å². The molecule has 0 radical (unpaired) electrons. The number of rotatable bonds is 9. The van der Waals surface area contributed by atoms with Gasteiger partial charge in [0.25, 0.3) is 11.7 Å². The number of carbonyl (C=O) groups is 1. The van der Waals surface area contributed by atoms with Gasteiger partial charge in [0, 0.05) is 5.41 Å². The molecule has 4 aromatic rings. The highest BCUT2D eigenvalue weighted by Crippen LogP contribution is 2.35. The third-order valence-electron chi connectivity index (χ3n) is 7.87. The predicted octanol–water partition coefficient (Wildman–Crippen LogP) is 0.915. The number of nitrogens with one attached hydrogen (secondary N) is 2. The summed E-state index contributed by atoms with van der Waals surface area (Å²) in [5.41, 5.74) is 15.4. The zero-order valence-electron chi connectivity index (χ0n) is 23.1. The number of benzene rings is 2. The number of piperidine rings is 1. The lowest BCUT2D eigenvalue weighted by molar-refractivity contribution is -0.694. The Balaban J connectivity index is 0.00000231. The Hall–Kier alpha value is -2.67. The highest BCUT2D eigenvalue weighted by molar-refractivity contribution is 6.31. The molecular weight excluding hydrogens is 674 g/mol. The van der Waals surface area contributed by atoms with Gasteiger partial charge in [-0.1, -0.05) is 54.1 Å². The highest BCUT2D eigenvalue weighted by atomic mass is 127. The van der Waals surface area contributed by atoms with E-state index < -0.39 is 5.91 Å². The zero-order chi connectivity index (χ0) is 27.4. The molecule has 1 saturated heterocycles. The normalized spacial score (nSPS) is 14.2. The lowest BCUT2D eigenvalue weighted by Gasteiger charge is -2.37. The number of amides is 1. The molecule has 220 valence electrons. The first kappa shape index (κ1) is 32.8. The molecule has 3 heterocycles. The first-order chi connectivity index (χ1) is 18.9. The van der Waals surface area contributed by atoms with Crippen molar-refractivity contribution in [2.45, 2.75) is 52.2 Å². The van der Waals surface area contributed by atoms with Crippen molar-refractivity contribution < 1.29 is 33.3 Å². The molecule has 0 unspecified atom stereocenters. The van der Waals surface area contributed by atoms with Gasteiger partial charge in [-0.2, -0.15) is 0 Å². The summed E-state index contributed by atoms with van der Waals surface area (Å²) < 4.78 is 4.67. The molecule has 1 aliphatic heterocycles. The van der Waals surface area contributed by atoms with Crippen LogP contribution in [0.2, 0.25) is 5.15 Å². The molecule has 2 aromatic heterocycles. The van der Waals surface area contributed by atoms with Crippen molar-refractivity contribution >= 4 is 52.6 Å². The Morgan fingerprint density at radius 1 is 1.07 bits per heavy atom. The molecule has 6 N–H and O–H groups in total. The van der Waals surface area contributed by atoms with Crippen molar-refractivity contribution in [3.8, 4) is 0 Å². The summed E-state index contributed by atoms with van der Waals surface area (Å²) >= 11 is 6.02. The third kappa shape index (κ3) is 7.22. The molecule has 1 fully saturated rings. The Bertz CT molecular complexity index is 1470. The van der Waals surface area contributed by atoms with E-state index in [1.54, 1.807) is 0 Å². The lowest BCUT2D eigenvalue weighted by atomic mass is 9.74. The predicted molar refractivity (Wildman–Crippen MR) is 161 cm³/mol. The van der Waals surface area contributed by atoms with Gasteiger partial charge in [0.05, 0.1) is 13.1 Å². The number of aromatic nitrogens is 4. The van der Waals surface area contributed by atoms with Crippen LogP contribution >= 0.6 is 24.0 Å². The topological polar surface area (TPSA) is 128 Å². The van der Waals surface area contributed by atoms with Gasteiger partial charge < -0.3 is 46.1 Å². The van der Waals surface area contributed by atoms with Crippen LogP contribution in [0.3, 0.4) is 0 Å². The number of nitrogens with two attached hydrogens (primary N) is 2. The first-order valence-electron chi connectivity index (χ1n) is 13.5. The van der Waals surface area contributed by atoms with Crippen molar-refractivity contribution in [1.82, 2.24) is 25.2 Å². The molecule has 41 heavy (non-hydrogen) atoms. The summed E-state index contributed by atoms with van der Waals surface area (Å²) in [4.78, 5) is 21.1. The molecule has 5 rings (SSSR count). The maximum atomic E-state index is 13.1. The molecule has 1 amide bonds. The minimum Gasteiger partial charge on any atom is -1.00 e. The number of halogens is 3. The van der Waals surface area contributed by atoms with E-state index in [0.29, 0.717) is 6.54 Å². The molecule has 0 atom stereocenters. The Morgan fingerprint density at radius 2 is 1.76 bits per heavy atom. The van der Waals surface area contributed by atoms with E-state index in [1.165, 1.54) is 5.56 Å². The molecule has 12 heteroatoms. The van der Waals surface area contributed by atoms with Gasteiger partial charge in [0.15, 0.2) is 33.5 Å². The maximum absolute atomic E-state index is 13.1. The molecule has 0 spiro atoms. The number of aryl methyl sites for hydroxylation is 2. The van der Waals surface area contributed by atoms with Crippen molar-refractivity contribution in [2.75, 3.05) is 24.6 Å². The van der Waals surface area contributed by atoms with Gasteiger partial charge in [0.1, 0.15) is 6.54 Å². The molecule has 9 nitrogen and oxygen atoms in total. The second-order valence-electron chi connectivity index (χ2n) is 10.3. The van der Waals surface area contributed by atoms with Crippen LogP contribution in [-0.4, -0.2) is 33.5 Å². The minimum absolute atomic E-state index is 0. The van der Waals surface area contributed by atoms with Gasteiger partial charge in [-0.05, 0) is 63.4 Å². The number of hydrogen-bond acceptors (Lipinski definition) is 6. The van der Waals surface area contributed by atoms with E-state index in [-0.39, 0.29) is 64.3 Å². The Kier molecular flexibility index (Phi) is 11.6. The number of nitrogen functional groups attached to an aromatic ring is 2. The van der Waals surface area contributed by atoms with Crippen LogP contribution in [0.4, 0.5) is 11.6 Å². The summed E-state index contributed by atoms with van der Waals surface area (Å²) in [5.74, 6) is 0.532. The van der Waals surface area contributed by atoms with Crippen molar-refractivity contribution in [2.24, 2.45) is 5.41 Å². The average molecular weight is 711 g/mol. The monoisotopic (exact) mass is 710 g/mol. The first-order valence-corrected chi connectivity index (χ1v) is 13.9. The summed E-state index contributed by atoms with van der Waals surface area (Å²) in [6, 6.07) is 19.2. The van der Waals surface area contributed by atoms with Crippen LogP contribution in [-0.2, 0) is 26.1 Å².